The molecule has 0 radical (unpaired) electrons. The number of rotatable bonds is 4. The molecule has 1 saturated heterocycles. The molecule has 2 aromatic rings. The minimum atomic E-state index is -3.96. The third-order valence-electron chi connectivity index (χ3n) is 5.00. The summed E-state index contributed by atoms with van der Waals surface area (Å²) in [6.45, 7) is 3.63. The molecule has 2 aromatic carbocycles. The van der Waals surface area contributed by atoms with Gasteiger partial charge in [0.05, 0.1) is 29.0 Å². The number of ether oxygens (including phenoxy) is 2. The first-order valence-corrected chi connectivity index (χ1v) is 11.6. The largest absolute Gasteiger partial charge is 0.468 e. The number of aryl methyl sites for hydroxylation is 1. The summed E-state index contributed by atoms with van der Waals surface area (Å²) in [6, 6.07) is 15.0. The number of halogens is 1. The zero-order valence-electron chi connectivity index (χ0n) is 16.5. The Hall–Kier alpha value is -1.74. The van der Waals surface area contributed by atoms with Crippen molar-refractivity contribution < 1.29 is 22.7 Å². The molecule has 1 aliphatic rings. The van der Waals surface area contributed by atoms with Crippen molar-refractivity contribution in [2.24, 2.45) is 0 Å². The normalized spacial score (nSPS) is 25.9. The summed E-state index contributed by atoms with van der Waals surface area (Å²) in [7, 11) is -2.71. The van der Waals surface area contributed by atoms with Crippen molar-refractivity contribution in [3.8, 4) is 0 Å². The predicted molar refractivity (Wildman–Crippen MR) is 113 cm³/mol. The van der Waals surface area contributed by atoms with Gasteiger partial charge < -0.3 is 9.47 Å². The van der Waals surface area contributed by atoms with E-state index in [9.17, 15) is 13.2 Å². The van der Waals surface area contributed by atoms with Crippen LogP contribution in [0.5, 0.6) is 0 Å². The number of carbonyl (C=O) groups is 1. The number of sulfonamides is 1. The number of alkyl halides is 1. The van der Waals surface area contributed by atoms with Crippen molar-refractivity contribution in [3.05, 3.63) is 65.7 Å². The fraction of sp³-hybridized carbons (Fsp3) is 0.381. The molecule has 0 N–H and O–H groups in total. The van der Waals surface area contributed by atoms with Gasteiger partial charge in [0.1, 0.15) is 6.04 Å². The Balaban J connectivity index is 2.05. The molecule has 29 heavy (non-hydrogen) atoms. The summed E-state index contributed by atoms with van der Waals surface area (Å²) >= 11 is 3.60. The summed E-state index contributed by atoms with van der Waals surface area (Å²) in [5.74, 6) is -0.651. The lowest BCUT2D eigenvalue weighted by Gasteiger charge is -2.30. The quantitative estimate of drug-likeness (QED) is 0.493. The predicted octanol–water partition coefficient (Wildman–Crippen LogP) is 3.45. The Bertz CT molecular complexity index is 949. The maximum absolute atomic E-state index is 13.5. The van der Waals surface area contributed by atoms with Gasteiger partial charge in [-0.05, 0) is 31.5 Å². The number of methoxy groups -OCH3 is 1. The second-order valence-electron chi connectivity index (χ2n) is 7.04. The van der Waals surface area contributed by atoms with Crippen LogP contribution in [0, 0.1) is 6.92 Å². The highest BCUT2D eigenvalue weighted by atomic mass is 79.9. The highest BCUT2D eigenvalue weighted by molar-refractivity contribution is 9.09. The van der Waals surface area contributed by atoms with Gasteiger partial charge >= 0.3 is 5.97 Å². The summed E-state index contributed by atoms with van der Waals surface area (Å²) in [5, 5.41) is 0. The maximum atomic E-state index is 13.5. The van der Waals surface area contributed by atoms with E-state index >= 15 is 0 Å². The van der Waals surface area contributed by atoms with Crippen LogP contribution >= 0.6 is 15.9 Å². The van der Waals surface area contributed by atoms with Crippen LogP contribution in [-0.2, 0) is 24.3 Å². The lowest BCUT2D eigenvalue weighted by Crippen LogP contribution is -2.51. The molecule has 3 rings (SSSR count). The number of hydrogen-bond donors (Lipinski definition) is 0. The Labute approximate surface area is 180 Å². The van der Waals surface area contributed by atoms with Gasteiger partial charge in [0.25, 0.3) is 0 Å². The molecule has 0 aromatic heterocycles. The Morgan fingerprint density at radius 3 is 2.34 bits per heavy atom. The van der Waals surface area contributed by atoms with Crippen molar-refractivity contribution in [1.82, 2.24) is 4.31 Å². The van der Waals surface area contributed by atoms with E-state index < -0.39 is 34.2 Å². The SMILES string of the molecule is COC(=O)[C@@H]1[C@H](C)O[C@@H](c2ccccc2)[C@H](Br)CN1S(=O)(=O)c1ccc(C)cc1. The van der Waals surface area contributed by atoms with Crippen molar-refractivity contribution in [3.63, 3.8) is 0 Å². The summed E-state index contributed by atoms with van der Waals surface area (Å²) in [6.07, 6.45) is -1.13. The van der Waals surface area contributed by atoms with Crippen LogP contribution in [0.15, 0.2) is 59.5 Å². The monoisotopic (exact) mass is 481 g/mol. The Kier molecular flexibility index (Phi) is 6.78. The molecule has 4 atom stereocenters. The van der Waals surface area contributed by atoms with Gasteiger partial charge in [-0.25, -0.2) is 8.42 Å². The van der Waals surface area contributed by atoms with Gasteiger partial charge in [0.2, 0.25) is 10.0 Å². The average Bonchev–Trinajstić information content (AvgIpc) is 2.85. The molecule has 0 bridgehead atoms. The molecule has 0 unspecified atom stereocenters. The molecule has 1 aliphatic heterocycles. The van der Waals surface area contributed by atoms with Gasteiger partial charge in [-0.1, -0.05) is 64.0 Å². The van der Waals surface area contributed by atoms with Gasteiger partial charge in [-0.3, -0.25) is 4.79 Å². The number of carbonyl (C=O) groups excluding carboxylic acids is 1. The minimum Gasteiger partial charge on any atom is -0.468 e. The molecule has 0 saturated carbocycles. The fourth-order valence-electron chi connectivity index (χ4n) is 3.46. The van der Waals surface area contributed by atoms with Crippen LogP contribution in [0.2, 0.25) is 0 Å². The summed E-state index contributed by atoms with van der Waals surface area (Å²) < 4.78 is 39.2. The number of hydrogen-bond acceptors (Lipinski definition) is 5. The average molecular weight is 482 g/mol. The summed E-state index contributed by atoms with van der Waals surface area (Å²) in [4.78, 5) is 12.4. The first kappa shape index (κ1) is 22.0. The first-order chi connectivity index (χ1) is 13.8. The molecule has 6 nitrogen and oxygen atoms in total. The van der Waals surface area contributed by atoms with E-state index in [0.717, 1.165) is 11.1 Å². The highest BCUT2D eigenvalue weighted by Crippen LogP contribution is 2.36. The standard InChI is InChI=1S/C21H24BrNO5S/c1-14-9-11-17(12-10-14)29(25,26)23-13-18(22)20(16-7-5-4-6-8-16)28-15(2)19(23)21(24)27-3/h4-12,15,18-20H,13H2,1-3H3/t15-,18+,19-,20-/m0/s1. The van der Waals surface area contributed by atoms with E-state index in [1.165, 1.54) is 11.4 Å². The molecule has 0 amide bonds. The molecule has 156 valence electrons. The lowest BCUT2D eigenvalue weighted by molar-refractivity contribution is -0.150. The topological polar surface area (TPSA) is 72.9 Å². The van der Waals surface area contributed by atoms with Crippen LogP contribution in [0.1, 0.15) is 24.2 Å². The van der Waals surface area contributed by atoms with Crippen LogP contribution in [0.25, 0.3) is 0 Å². The third-order valence-corrected chi connectivity index (χ3v) is 7.63. The van der Waals surface area contributed by atoms with Gasteiger partial charge in [-0.2, -0.15) is 4.31 Å². The van der Waals surface area contributed by atoms with Crippen molar-refractivity contribution in [2.45, 2.75) is 41.8 Å². The Morgan fingerprint density at radius 2 is 1.76 bits per heavy atom. The first-order valence-electron chi connectivity index (χ1n) is 9.26. The molecule has 0 spiro atoms. The Morgan fingerprint density at radius 1 is 1.14 bits per heavy atom. The second kappa shape index (κ2) is 8.95. The molecule has 8 heteroatoms. The van der Waals surface area contributed by atoms with Crippen LogP contribution < -0.4 is 0 Å². The van der Waals surface area contributed by atoms with E-state index in [1.807, 2.05) is 37.3 Å². The van der Waals surface area contributed by atoms with E-state index in [1.54, 1.807) is 31.2 Å². The van der Waals surface area contributed by atoms with Gasteiger partial charge in [-0.15, -0.1) is 0 Å². The lowest BCUT2D eigenvalue weighted by atomic mass is 10.1. The van der Waals surface area contributed by atoms with Crippen LogP contribution in [0.3, 0.4) is 0 Å². The van der Waals surface area contributed by atoms with E-state index in [4.69, 9.17) is 9.47 Å². The van der Waals surface area contributed by atoms with Crippen molar-refractivity contribution in [2.75, 3.05) is 13.7 Å². The van der Waals surface area contributed by atoms with Gasteiger partial charge in [0, 0.05) is 6.54 Å². The van der Waals surface area contributed by atoms with Crippen LogP contribution in [0.4, 0.5) is 0 Å². The fourth-order valence-corrected chi connectivity index (χ4v) is 6.06. The van der Waals surface area contributed by atoms with Crippen molar-refractivity contribution in [1.29, 1.82) is 0 Å². The smallest absolute Gasteiger partial charge is 0.326 e. The molecule has 1 heterocycles. The van der Waals surface area contributed by atoms with Crippen LogP contribution in [-0.4, -0.2) is 49.3 Å². The maximum Gasteiger partial charge on any atom is 0.326 e. The van der Waals surface area contributed by atoms with E-state index in [0.29, 0.717) is 0 Å². The molecule has 1 fully saturated rings. The van der Waals surface area contributed by atoms with Gasteiger partial charge in [0.15, 0.2) is 0 Å². The zero-order valence-corrected chi connectivity index (χ0v) is 18.9. The van der Waals surface area contributed by atoms with E-state index in [2.05, 4.69) is 15.9 Å². The zero-order chi connectivity index (χ0) is 21.2. The van der Waals surface area contributed by atoms with Crippen molar-refractivity contribution >= 4 is 31.9 Å². The minimum absolute atomic E-state index is 0.0554. The molecule has 0 aliphatic carbocycles. The second-order valence-corrected chi connectivity index (χ2v) is 10.1. The highest BCUT2D eigenvalue weighted by Gasteiger charge is 2.46. The number of nitrogens with zero attached hydrogens (tertiary/aromatic N) is 1. The summed E-state index contributed by atoms with van der Waals surface area (Å²) in [5.41, 5.74) is 1.85. The molecular formula is C21H24BrNO5S. The number of esters is 1. The third kappa shape index (κ3) is 4.55. The molecular weight excluding hydrogens is 458 g/mol. The number of benzene rings is 2. The van der Waals surface area contributed by atoms with E-state index in [-0.39, 0.29) is 16.3 Å².